The van der Waals surface area contributed by atoms with Crippen LogP contribution in [0.3, 0.4) is 0 Å². The van der Waals surface area contributed by atoms with Gasteiger partial charge in [-0.1, -0.05) is 48.5 Å². The highest BCUT2D eigenvalue weighted by Gasteiger charge is 2.32. The Hall–Kier alpha value is -2.37. The first-order valence-corrected chi connectivity index (χ1v) is 9.55. The Kier molecular flexibility index (Phi) is 4.89. The third kappa shape index (κ3) is 3.70. The summed E-state index contributed by atoms with van der Waals surface area (Å²) in [4.78, 5) is 14.4. The van der Waals surface area contributed by atoms with E-state index in [-0.39, 0.29) is 12.5 Å². The van der Waals surface area contributed by atoms with Gasteiger partial charge in [0, 0.05) is 25.6 Å². The first-order chi connectivity index (χ1) is 13.1. The fourth-order valence-electron chi connectivity index (χ4n) is 4.10. The minimum Gasteiger partial charge on any atom is -0.449 e. The van der Waals surface area contributed by atoms with Crippen LogP contribution in [0.4, 0.5) is 4.79 Å². The van der Waals surface area contributed by atoms with Gasteiger partial charge in [-0.05, 0) is 42.1 Å². The molecule has 2 aromatic carbocycles. The predicted octanol–water partition coefficient (Wildman–Crippen LogP) is 2.98. The van der Waals surface area contributed by atoms with Crippen LogP contribution < -0.4 is 5.32 Å². The van der Waals surface area contributed by atoms with E-state index in [0.29, 0.717) is 19.4 Å². The number of nitrogens with one attached hydrogen (secondary N) is 1. The lowest BCUT2D eigenvalue weighted by molar-refractivity contribution is -0.0144. The van der Waals surface area contributed by atoms with Crippen LogP contribution in [0.2, 0.25) is 0 Å². The molecular weight excluding hydrogens is 340 g/mol. The number of amides is 1. The van der Waals surface area contributed by atoms with Gasteiger partial charge in [0.15, 0.2) is 0 Å². The summed E-state index contributed by atoms with van der Waals surface area (Å²) in [6, 6.07) is 16.5. The average Bonchev–Trinajstić information content (AvgIpc) is 3.01. The van der Waals surface area contributed by atoms with Crippen molar-refractivity contribution in [3.8, 4) is 11.1 Å². The summed E-state index contributed by atoms with van der Waals surface area (Å²) in [5.74, 6) is 0.0505. The van der Waals surface area contributed by atoms with E-state index in [1.807, 2.05) is 31.3 Å². The van der Waals surface area contributed by atoms with Gasteiger partial charge in [0.05, 0.1) is 5.60 Å². The molecule has 2 aromatic rings. The van der Waals surface area contributed by atoms with Crippen molar-refractivity contribution in [1.82, 2.24) is 10.2 Å². The molecule has 27 heavy (non-hydrogen) atoms. The van der Waals surface area contributed by atoms with Crippen molar-refractivity contribution in [3.05, 3.63) is 59.7 Å². The summed E-state index contributed by atoms with van der Waals surface area (Å²) in [6.45, 7) is 2.20. The third-order valence-corrected chi connectivity index (χ3v) is 5.82. The first kappa shape index (κ1) is 18.0. The molecule has 1 heterocycles. The van der Waals surface area contributed by atoms with E-state index in [9.17, 15) is 9.90 Å². The minimum atomic E-state index is -0.835. The number of rotatable bonds is 4. The number of carbonyl (C=O) groups excluding carboxylic acids is 1. The van der Waals surface area contributed by atoms with Crippen LogP contribution in [0.15, 0.2) is 48.5 Å². The molecule has 4 rings (SSSR count). The molecule has 0 aromatic heterocycles. The van der Waals surface area contributed by atoms with Crippen molar-refractivity contribution in [1.29, 1.82) is 0 Å². The van der Waals surface area contributed by atoms with E-state index >= 15 is 0 Å². The van der Waals surface area contributed by atoms with Crippen LogP contribution in [0.1, 0.15) is 29.9 Å². The predicted molar refractivity (Wildman–Crippen MR) is 105 cm³/mol. The highest BCUT2D eigenvalue weighted by atomic mass is 16.5. The molecule has 1 amide bonds. The summed E-state index contributed by atoms with van der Waals surface area (Å²) in [7, 11) is 2.04. The molecule has 0 spiro atoms. The first-order valence-electron chi connectivity index (χ1n) is 9.55. The number of ether oxygens (including phenoxy) is 1. The van der Waals surface area contributed by atoms with Crippen LogP contribution in [0, 0.1) is 0 Å². The Morgan fingerprint density at radius 1 is 1.11 bits per heavy atom. The molecule has 0 bridgehead atoms. The summed E-state index contributed by atoms with van der Waals surface area (Å²) in [6.07, 6.45) is 0.851. The number of hydrogen-bond acceptors (Lipinski definition) is 4. The molecule has 2 N–H and O–H groups in total. The van der Waals surface area contributed by atoms with E-state index in [0.717, 1.165) is 13.1 Å². The Labute approximate surface area is 160 Å². The maximum absolute atomic E-state index is 12.2. The van der Waals surface area contributed by atoms with Gasteiger partial charge in [0.25, 0.3) is 0 Å². The van der Waals surface area contributed by atoms with Crippen LogP contribution in [0.25, 0.3) is 11.1 Å². The summed E-state index contributed by atoms with van der Waals surface area (Å²) >= 11 is 0. The van der Waals surface area contributed by atoms with Crippen molar-refractivity contribution in [2.45, 2.75) is 24.4 Å². The molecule has 0 saturated carbocycles. The minimum absolute atomic E-state index is 0.0505. The molecule has 2 aliphatic rings. The molecule has 0 radical (unpaired) electrons. The molecule has 5 heteroatoms. The maximum atomic E-state index is 12.2. The number of fused-ring (bicyclic) bond motifs is 3. The molecule has 1 saturated heterocycles. The van der Waals surface area contributed by atoms with Gasteiger partial charge >= 0.3 is 6.09 Å². The number of likely N-dealkylation sites (tertiary alicyclic amines) is 1. The van der Waals surface area contributed by atoms with Gasteiger partial charge in [-0.3, -0.25) is 0 Å². The average molecular weight is 366 g/mol. The van der Waals surface area contributed by atoms with E-state index in [1.165, 1.54) is 22.3 Å². The van der Waals surface area contributed by atoms with E-state index in [2.05, 4.69) is 34.5 Å². The van der Waals surface area contributed by atoms with E-state index in [1.54, 1.807) is 0 Å². The van der Waals surface area contributed by atoms with Gasteiger partial charge in [0.1, 0.15) is 6.61 Å². The largest absolute Gasteiger partial charge is 0.449 e. The highest BCUT2D eigenvalue weighted by molar-refractivity contribution is 5.79. The van der Waals surface area contributed by atoms with Crippen molar-refractivity contribution in [2.75, 3.05) is 33.3 Å². The molecule has 1 aliphatic carbocycles. The van der Waals surface area contributed by atoms with E-state index < -0.39 is 11.7 Å². The third-order valence-electron chi connectivity index (χ3n) is 5.82. The molecule has 1 aliphatic heterocycles. The lowest BCUT2D eigenvalue weighted by Crippen LogP contribution is -2.50. The number of aliphatic hydroxyl groups is 1. The van der Waals surface area contributed by atoms with Crippen molar-refractivity contribution in [2.24, 2.45) is 0 Å². The molecule has 0 unspecified atom stereocenters. The van der Waals surface area contributed by atoms with Crippen molar-refractivity contribution >= 4 is 6.09 Å². The number of hydrogen-bond donors (Lipinski definition) is 2. The van der Waals surface area contributed by atoms with Gasteiger partial charge < -0.3 is 20.1 Å². The van der Waals surface area contributed by atoms with Crippen molar-refractivity contribution in [3.63, 3.8) is 0 Å². The Bertz CT molecular complexity index is 782. The lowest BCUT2D eigenvalue weighted by atomic mass is 9.92. The number of carbonyl (C=O) groups is 1. The van der Waals surface area contributed by atoms with Crippen molar-refractivity contribution < 1.29 is 14.6 Å². The Balaban J connectivity index is 1.37. The van der Waals surface area contributed by atoms with Gasteiger partial charge in [-0.2, -0.15) is 0 Å². The quantitative estimate of drug-likeness (QED) is 0.873. The normalized spacial score (nSPS) is 18.6. The molecule has 0 atom stereocenters. The second-order valence-electron chi connectivity index (χ2n) is 7.71. The zero-order valence-corrected chi connectivity index (χ0v) is 15.6. The second-order valence-corrected chi connectivity index (χ2v) is 7.71. The monoisotopic (exact) mass is 366 g/mol. The summed E-state index contributed by atoms with van der Waals surface area (Å²) in [5.41, 5.74) is 3.98. The Morgan fingerprint density at radius 2 is 1.67 bits per heavy atom. The van der Waals surface area contributed by atoms with Gasteiger partial charge in [-0.15, -0.1) is 0 Å². The molecular formula is C22H26N2O3. The van der Waals surface area contributed by atoms with Crippen LogP contribution in [-0.4, -0.2) is 55.0 Å². The van der Waals surface area contributed by atoms with Crippen LogP contribution in [-0.2, 0) is 4.74 Å². The number of alkyl carbamates (subject to hydrolysis) is 1. The fourth-order valence-corrected chi connectivity index (χ4v) is 4.10. The molecule has 1 fully saturated rings. The Morgan fingerprint density at radius 3 is 2.26 bits per heavy atom. The number of piperidine rings is 1. The summed E-state index contributed by atoms with van der Waals surface area (Å²) < 4.78 is 5.53. The zero-order chi connectivity index (χ0) is 18.9. The van der Waals surface area contributed by atoms with Gasteiger partial charge in [0.2, 0.25) is 0 Å². The lowest BCUT2D eigenvalue weighted by Gasteiger charge is -2.36. The number of benzene rings is 2. The van der Waals surface area contributed by atoms with Crippen LogP contribution >= 0.6 is 0 Å². The maximum Gasteiger partial charge on any atom is 0.407 e. The van der Waals surface area contributed by atoms with Gasteiger partial charge in [-0.25, -0.2) is 4.79 Å². The zero-order valence-electron chi connectivity index (χ0n) is 15.6. The number of nitrogens with zero attached hydrogens (tertiary/aromatic N) is 1. The summed E-state index contributed by atoms with van der Waals surface area (Å²) in [5, 5.41) is 13.3. The standard InChI is InChI=1S/C22H26N2O3/c1-24-12-10-22(26,11-13-24)15-23-21(25)27-14-20-18-8-4-2-6-16(18)17-7-3-5-9-19(17)20/h2-9,20,26H,10-15H2,1H3,(H,23,25). The van der Waals surface area contributed by atoms with E-state index in [4.69, 9.17) is 4.74 Å². The molecule has 5 nitrogen and oxygen atoms in total. The molecule has 142 valence electrons. The topological polar surface area (TPSA) is 61.8 Å². The second kappa shape index (κ2) is 7.33. The smallest absolute Gasteiger partial charge is 0.407 e. The van der Waals surface area contributed by atoms with Crippen LogP contribution in [0.5, 0.6) is 0 Å². The fraction of sp³-hybridized carbons (Fsp3) is 0.409. The SMILES string of the molecule is CN1CCC(O)(CNC(=O)OCC2c3ccccc3-c3ccccc32)CC1. The highest BCUT2D eigenvalue weighted by Crippen LogP contribution is 2.44.